The fourth-order valence-electron chi connectivity index (χ4n) is 13.6. The van der Waals surface area contributed by atoms with Crippen LogP contribution in [0.2, 0.25) is 0 Å². The van der Waals surface area contributed by atoms with Gasteiger partial charge in [-0.2, -0.15) is 16.8 Å². The topological polar surface area (TPSA) is 460 Å². The third kappa shape index (κ3) is 28.2. The highest BCUT2D eigenvalue weighted by atomic mass is 128. The van der Waals surface area contributed by atoms with Gasteiger partial charge in [-0.3, -0.25) is 33.8 Å². The lowest BCUT2D eigenvalue weighted by molar-refractivity contribution is -0.135. The van der Waals surface area contributed by atoms with E-state index in [0.29, 0.717) is 83.0 Å². The fraction of sp³-hybridized carbons (Fsp3) is 0.255. The largest absolute Gasteiger partial charge is 0.460 e. The van der Waals surface area contributed by atoms with E-state index in [2.05, 4.69) is 61.4 Å². The van der Waals surface area contributed by atoms with Crippen LogP contribution in [0.4, 0.5) is 25.8 Å². The van der Waals surface area contributed by atoms with E-state index >= 15 is 0 Å². The number of β-amino-alcohol motifs (C(OH)–C–C–N with tert-alkyl or cyclic N) is 1. The normalized spacial score (nSPS) is 15.7. The number of anilines is 2. The van der Waals surface area contributed by atoms with Crippen molar-refractivity contribution in [2.75, 3.05) is 82.7 Å². The maximum Gasteiger partial charge on any atom is 0.410 e. The molecule has 10 aromatic carbocycles. The number of imide groups is 2. The molecule has 135 heavy (non-hydrogen) atoms. The van der Waals surface area contributed by atoms with Crippen molar-refractivity contribution in [3.8, 4) is 0 Å². The average Bonchev–Trinajstić information content (AvgIpc) is 1.76. The first-order valence-electron chi connectivity index (χ1n) is 41.7. The van der Waals surface area contributed by atoms with Gasteiger partial charge in [0, 0.05) is 96.0 Å². The van der Waals surface area contributed by atoms with Gasteiger partial charge in [0.2, 0.25) is 5.84 Å². The highest BCUT2D eigenvalue weighted by molar-refractivity contribution is 15.0. The summed E-state index contributed by atoms with van der Waals surface area (Å²) in [6.45, 7) is 6.61. The number of aliphatic hydroxyl groups excluding tert-OH is 2. The molecule has 8 heterocycles. The molecular weight excluding hydrogens is 2000 g/mol. The summed E-state index contributed by atoms with van der Waals surface area (Å²) in [4.78, 5) is 139. The maximum absolute atomic E-state index is 12.7. The minimum absolute atomic E-state index is 0. The number of fused-ring (bicyclic) bond motifs is 5. The van der Waals surface area contributed by atoms with E-state index in [-0.39, 0.29) is 119 Å². The molecule has 10 aromatic rings. The molecule has 3 saturated heterocycles. The standard InChI is InChI=1S/C21H21N3O5S.C20H18N2O4.C16H13NO3.C12H16N2O2.C10H10N2O4S.C8H11NO.C8H4O3.3CH4.I2/c25-17(20-22-16-9-4-5-10-19(16)30(27,28)23-20)11-12-18(15-7-2-1-3-8-15)29-21(26)24-13-6-14-24;23-18-15-9-4-5-10-16(15)19(24)22(18)13-17(14-7-2-1-3-8-14)26-20(25)21-11-6-12-21;18-14(11-6-2-1-3-7-11)10-17-15(19)12-8-4-5-9-13(12)16(17)20;13-9-11(10-5-2-1-3-6-10)16-12(15)14-7-4-8-14;1-2-16-10(13)9-11-7-5-3-4-6-8(7)17(14,15)12-9;9-6-8(10)7-4-2-1-3-5-7;9-7-5-3-1-2-4-6(5)8(10)11-7;;;;1-2/h1-5,7-10,18H,6,11-14H2,(H,22,23);1-5,7-10,17H,6,11-13H2;1-9,14,18H,10H2;1-3,5-6,11H,4,7-9,13H2;3-6H,2H2,1H3,(H,11,12);1-5,8,10H,6,9H2;1-4H;3*1H4;. The van der Waals surface area contributed by atoms with Crippen molar-refractivity contribution in [2.45, 2.75) is 102 Å². The van der Waals surface area contributed by atoms with Gasteiger partial charge in [0.15, 0.2) is 11.6 Å². The van der Waals surface area contributed by atoms with E-state index in [1.807, 2.05) is 127 Å². The van der Waals surface area contributed by atoms with Gasteiger partial charge in [0.05, 0.1) is 76.7 Å². The van der Waals surface area contributed by atoms with Crippen molar-refractivity contribution >= 4 is 146 Å². The molecule has 33 nitrogen and oxygen atoms in total. The summed E-state index contributed by atoms with van der Waals surface area (Å²) in [6, 6.07) is 78.8. The van der Waals surface area contributed by atoms with Crippen molar-refractivity contribution in [3.63, 3.8) is 0 Å². The molecule has 710 valence electrons. The van der Waals surface area contributed by atoms with Gasteiger partial charge in [-0.15, -0.1) is 8.80 Å². The highest BCUT2D eigenvalue weighted by Gasteiger charge is 2.41. The van der Waals surface area contributed by atoms with Crippen molar-refractivity contribution in [1.82, 2.24) is 24.5 Å². The Hall–Kier alpha value is -13.3. The van der Waals surface area contributed by atoms with Gasteiger partial charge in [-0.1, -0.05) is 235 Å². The second kappa shape index (κ2) is 51.8. The number of nitrogens with two attached hydrogens (primary N) is 2. The van der Waals surface area contributed by atoms with Crippen LogP contribution < -0.4 is 22.1 Å². The number of ether oxygens (including phenoxy) is 5. The number of nitrogens with zero attached hydrogens (tertiary/aromatic N) is 7. The third-order valence-corrected chi connectivity index (χ3v) is 23.7. The zero-order valence-corrected chi connectivity index (χ0v) is 77.0. The number of cyclic esters (lactones) is 2. The van der Waals surface area contributed by atoms with Crippen LogP contribution in [0, 0.1) is 0 Å². The number of esters is 3. The number of para-hydroxylation sites is 2. The number of amides is 7. The molecule has 8 aliphatic heterocycles. The van der Waals surface area contributed by atoms with E-state index in [1.165, 1.54) is 12.1 Å². The van der Waals surface area contributed by atoms with Crippen LogP contribution in [0.5, 0.6) is 0 Å². The number of halogens is 2. The Morgan fingerprint density at radius 1 is 0.400 bits per heavy atom. The molecule has 3 fully saturated rings. The molecule has 7 amide bonds. The molecule has 0 spiro atoms. The predicted molar refractivity (Wildman–Crippen MR) is 525 cm³/mol. The molecule has 5 unspecified atom stereocenters. The van der Waals surface area contributed by atoms with Crippen LogP contribution in [0.3, 0.4) is 0 Å². The van der Waals surface area contributed by atoms with Crippen LogP contribution in [-0.2, 0) is 53.3 Å². The lowest BCUT2D eigenvalue weighted by Crippen LogP contribution is -2.44. The lowest BCUT2D eigenvalue weighted by Gasteiger charge is -2.32. The number of nitrogens with one attached hydrogen (secondary N) is 2. The molecule has 0 aromatic heterocycles. The van der Waals surface area contributed by atoms with Crippen molar-refractivity contribution in [1.29, 1.82) is 0 Å². The van der Waals surface area contributed by atoms with Crippen LogP contribution >= 0.6 is 37.2 Å². The summed E-state index contributed by atoms with van der Waals surface area (Å²) >= 11 is 4.24. The lowest BCUT2D eigenvalue weighted by atomic mass is 10.0. The van der Waals surface area contributed by atoms with Crippen LogP contribution in [0.25, 0.3) is 0 Å². The Labute approximate surface area is 806 Å². The van der Waals surface area contributed by atoms with Crippen LogP contribution in [0.15, 0.2) is 292 Å². The summed E-state index contributed by atoms with van der Waals surface area (Å²) in [7, 11) is -7.77. The van der Waals surface area contributed by atoms with E-state index in [0.717, 1.165) is 64.4 Å². The first-order chi connectivity index (χ1) is 63.7. The SMILES string of the molecule is C.C.C.CCOC(=O)C1=NS(=O)(=O)c2ccccc2N1.II.NCC(O)c1ccccc1.NCC(OC(=O)N1CCC1)c1ccccc1.O=C(CCC(OC(=O)N1CCC1)c1ccccc1)C1=NS(=O)(=O)c2ccccc2N1.O=C(OC(CN1C(=O)c2ccccc2C1=O)c1ccccc1)N1CCC1.O=C1OC(=O)c2ccccc21.O=C1c2ccccc2C(=O)N1CC(O)c1ccccc1. The zero-order chi connectivity index (χ0) is 94.4. The van der Waals surface area contributed by atoms with E-state index < -0.39 is 80.3 Å². The number of hydrogen-bond donors (Lipinski definition) is 6. The number of benzene rings is 10. The van der Waals surface area contributed by atoms with Crippen LogP contribution in [-0.4, -0.2) is 201 Å². The Morgan fingerprint density at radius 2 is 0.704 bits per heavy atom. The van der Waals surface area contributed by atoms with Gasteiger partial charge in [0.25, 0.3) is 43.7 Å². The molecule has 8 aliphatic rings. The second-order valence-corrected chi connectivity index (χ2v) is 32.9. The summed E-state index contributed by atoms with van der Waals surface area (Å²) in [5.41, 5.74) is 17.8. The molecule has 0 saturated carbocycles. The number of Topliss-reactive ketones (excluding diaryl/α,β-unsaturated/α-hetero) is 1. The van der Waals surface area contributed by atoms with Gasteiger partial charge in [-0.25, -0.2) is 28.8 Å². The smallest absolute Gasteiger partial charge is 0.410 e. The first-order valence-corrected chi connectivity index (χ1v) is 50.8. The summed E-state index contributed by atoms with van der Waals surface area (Å²) in [5.74, 6) is -4.30. The van der Waals surface area contributed by atoms with Crippen LogP contribution in [0.1, 0.15) is 182 Å². The number of amidine groups is 2. The number of hydrogen-bond acceptors (Lipinski definition) is 26. The van der Waals surface area contributed by atoms with Crippen molar-refractivity contribution in [3.05, 3.63) is 334 Å². The minimum atomic E-state index is -3.94. The molecule has 8 N–H and O–H groups in total. The molecule has 5 atom stereocenters. The predicted octanol–water partition coefficient (Wildman–Crippen LogP) is 15.7. The summed E-state index contributed by atoms with van der Waals surface area (Å²) < 4.78 is 80.9. The molecular formula is C98H105I2N11O22S2. The van der Waals surface area contributed by atoms with E-state index in [9.17, 15) is 79.8 Å². The Kier molecular flexibility index (Phi) is 41.1. The summed E-state index contributed by atoms with van der Waals surface area (Å²) in [6.07, 6.45) is -0.972. The number of likely N-dealkylation sites (tertiary alicyclic amines) is 3. The quantitative estimate of drug-likeness (QED) is 0.0136. The zero-order valence-electron chi connectivity index (χ0n) is 71.1. The second-order valence-electron chi connectivity index (χ2n) is 29.7. The molecule has 0 aliphatic carbocycles. The minimum Gasteiger partial charge on any atom is -0.460 e. The number of sulfonamides is 2. The number of rotatable bonds is 20. The monoisotopic (exact) mass is 2110 g/mol. The number of carbonyl (C=O) groups excluding carboxylic acids is 11. The number of ketones is 1. The summed E-state index contributed by atoms with van der Waals surface area (Å²) in [5, 5.41) is 24.8. The Bertz CT molecular complexity index is 5980. The van der Waals surface area contributed by atoms with E-state index in [1.54, 1.807) is 155 Å². The molecule has 18 rings (SSSR count). The first kappa shape index (κ1) is 107. The molecule has 37 heteroatoms. The van der Waals surface area contributed by atoms with Gasteiger partial charge in [-0.05, 0) is 121 Å². The van der Waals surface area contributed by atoms with Crippen molar-refractivity contribution < 1.29 is 103 Å². The van der Waals surface area contributed by atoms with E-state index in [4.69, 9.17) is 30.4 Å². The third-order valence-electron chi connectivity index (χ3n) is 21.0. The molecule has 0 bridgehead atoms. The number of aliphatic hydroxyl groups is 2. The molecule has 0 radical (unpaired) electrons. The van der Waals surface area contributed by atoms with Gasteiger partial charge in [0.1, 0.15) is 28.1 Å². The Morgan fingerprint density at radius 3 is 1.07 bits per heavy atom. The van der Waals surface area contributed by atoms with Gasteiger partial charge >= 0.3 is 36.2 Å². The average molecular weight is 2110 g/mol. The van der Waals surface area contributed by atoms with Gasteiger partial charge < -0.3 is 70.7 Å². The fourth-order valence-corrected chi connectivity index (χ4v) is 15.9. The van der Waals surface area contributed by atoms with Crippen molar-refractivity contribution in [2.24, 2.45) is 20.3 Å². The maximum atomic E-state index is 12.7. The Balaban J connectivity index is 0.000000197. The highest BCUT2D eigenvalue weighted by Crippen LogP contribution is 2.34. The number of carbonyl (C=O) groups is 11.